The second-order valence-electron chi connectivity index (χ2n) is 2.48. The molecule has 74 valence electrons. The molecule has 0 unspecified atom stereocenters. The summed E-state index contributed by atoms with van der Waals surface area (Å²) in [6, 6.07) is 7.01. The zero-order chi connectivity index (χ0) is 10.6. The highest BCUT2D eigenvalue weighted by atomic mass is 35.5. The predicted octanol–water partition coefficient (Wildman–Crippen LogP) is 2.83. The molecule has 0 saturated carbocycles. The summed E-state index contributed by atoms with van der Waals surface area (Å²) < 4.78 is 0.573. The minimum atomic E-state index is -0.869. The van der Waals surface area contributed by atoms with E-state index in [2.05, 4.69) is 0 Å². The molecule has 0 aliphatic rings. The molecular weight excluding hydrogens is 240 g/mol. The summed E-state index contributed by atoms with van der Waals surface area (Å²) in [5.74, 6) is -0.882. The van der Waals surface area contributed by atoms with Crippen molar-refractivity contribution in [2.75, 3.05) is 5.75 Å². The van der Waals surface area contributed by atoms with Gasteiger partial charge in [-0.15, -0.1) is 11.8 Å². The largest absolute Gasteiger partial charge is 0.481 e. The number of hydrogen-bond acceptors (Lipinski definition) is 3. The highest BCUT2D eigenvalue weighted by Gasteiger charge is 2.04. The number of hydrogen-bond donors (Lipinski definition) is 1. The molecule has 0 aliphatic heterocycles. The Morgan fingerprint density at radius 3 is 2.50 bits per heavy atom. The average Bonchev–Trinajstić information content (AvgIpc) is 2.15. The van der Waals surface area contributed by atoms with Crippen molar-refractivity contribution >= 4 is 45.7 Å². The molecule has 14 heavy (non-hydrogen) atoms. The van der Waals surface area contributed by atoms with Crippen molar-refractivity contribution in [3.05, 3.63) is 34.9 Å². The second-order valence-corrected chi connectivity index (χ2v) is 4.57. The van der Waals surface area contributed by atoms with Crippen molar-refractivity contribution in [1.29, 1.82) is 0 Å². The molecule has 0 spiro atoms. The van der Waals surface area contributed by atoms with Gasteiger partial charge in [0.2, 0.25) is 0 Å². The topological polar surface area (TPSA) is 37.3 Å². The first kappa shape index (κ1) is 11.5. The van der Waals surface area contributed by atoms with Crippen LogP contribution < -0.4 is 0 Å². The van der Waals surface area contributed by atoms with Crippen LogP contribution in [0.4, 0.5) is 0 Å². The third-order valence-corrected chi connectivity index (χ3v) is 3.14. The minimum Gasteiger partial charge on any atom is -0.481 e. The zero-order valence-electron chi connectivity index (χ0n) is 7.07. The van der Waals surface area contributed by atoms with Crippen LogP contribution in [0.2, 0.25) is 5.02 Å². The normalized spacial score (nSPS) is 9.79. The Labute approximate surface area is 96.3 Å². The van der Waals surface area contributed by atoms with E-state index in [9.17, 15) is 4.79 Å². The fourth-order valence-corrected chi connectivity index (χ4v) is 1.79. The smallest absolute Gasteiger partial charge is 0.313 e. The van der Waals surface area contributed by atoms with Crippen LogP contribution >= 0.6 is 35.6 Å². The summed E-state index contributed by atoms with van der Waals surface area (Å²) in [5, 5.41) is 9.09. The van der Waals surface area contributed by atoms with Gasteiger partial charge in [0.1, 0.15) is 0 Å². The van der Waals surface area contributed by atoms with Gasteiger partial charge in [0.05, 0.1) is 9.95 Å². The van der Waals surface area contributed by atoms with Crippen LogP contribution in [0.5, 0.6) is 0 Å². The first-order valence-electron chi connectivity index (χ1n) is 3.74. The summed E-state index contributed by atoms with van der Waals surface area (Å²) >= 11 is 11.9. The highest BCUT2D eigenvalue weighted by Crippen LogP contribution is 2.16. The minimum absolute atomic E-state index is 0.0124. The van der Waals surface area contributed by atoms with Crippen LogP contribution in [0.15, 0.2) is 24.3 Å². The molecule has 1 rings (SSSR count). The standard InChI is InChI=1S/C9H7ClO2S2/c10-7-3-1-6(2-4-7)9(13)14-5-8(11)12/h1-4H,5H2,(H,11,12). The third kappa shape index (κ3) is 3.65. The van der Waals surface area contributed by atoms with Crippen molar-refractivity contribution in [3.63, 3.8) is 0 Å². The van der Waals surface area contributed by atoms with Crippen LogP contribution in [-0.2, 0) is 4.79 Å². The molecule has 0 heterocycles. The van der Waals surface area contributed by atoms with Crippen molar-refractivity contribution in [3.8, 4) is 0 Å². The maximum atomic E-state index is 10.3. The van der Waals surface area contributed by atoms with Crippen molar-refractivity contribution in [2.24, 2.45) is 0 Å². The molecule has 0 saturated heterocycles. The number of carboxylic acid groups (broad SMARTS) is 1. The Morgan fingerprint density at radius 1 is 1.43 bits per heavy atom. The number of carbonyl (C=O) groups is 1. The molecule has 2 nitrogen and oxygen atoms in total. The zero-order valence-corrected chi connectivity index (χ0v) is 9.46. The van der Waals surface area contributed by atoms with E-state index in [0.717, 1.165) is 17.3 Å². The van der Waals surface area contributed by atoms with Gasteiger partial charge < -0.3 is 5.11 Å². The lowest BCUT2D eigenvalue weighted by Gasteiger charge is -2.01. The summed E-state index contributed by atoms with van der Waals surface area (Å²) in [6.07, 6.45) is 0. The van der Waals surface area contributed by atoms with E-state index >= 15 is 0 Å². The van der Waals surface area contributed by atoms with Gasteiger partial charge >= 0.3 is 5.97 Å². The molecule has 1 aromatic rings. The molecule has 1 aromatic carbocycles. The van der Waals surface area contributed by atoms with Gasteiger partial charge in [-0.3, -0.25) is 4.79 Å². The predicted molar refractivity (Wildman–Crippen MR) is 63.2 cm³/mol. The Bertz CT molecular complexity index is 348. The molecule has 0 fully saturated rings. The quantitative estimate of drug-likeness (QED) is 0.833. The fraction of sp³-hybridized carbons (Fsp3) is 0.111. The first-order valence-corrected chi connectivity index (χ1v) is 5.51. The number of aliphatic carboxylic acids is 1. The van der Waals surface area contributed by atoms with Crippen LogP contribution in [0.25, 0.3) is 0 Å². The molecular formula is C9H7ClO2S2. The molecule has 0 amide bonds. The van der Waals surface area contributed by atoms with Crippen molar-refractivity contribution in [1.82, 2.24) is 0 Å². The highest BCUT2D eigenvalue weighted by molar-refractivity contribution is 8.24. The molecule has 0 aliphatic carbocycles. The number of benzene rings is 1. The molecule has 0 radical (unpaired) electrons. The van der Waals surface area contributed by atoms with Gasteiger partial charge in [0, 0.05) is 5.02 Å². The average molecular weight is 247 g/mol. The number of halogens is 1. The number of rotatable bonds is 3. The van der Waals surface area contributed by atoms with Crippen LogP contribution in [0.3, 0.4) is 0 Å². The molecule has 0 bridgehead atoms. The Balaban J connectivity index is 2.61. The van der Waals surface area contributed by atoms with E-state index < -0.39 is 5.97 Å². The van der Waals surface area contributed by atoms with Crippen molar-refractivity contribution < 1.29 is 9.90 Å². The van der Waals surface area contributed by atoms with Crippen LogP contribution in [0.1, 0.15) is 5.56 Å². The molecule has 0 aromatic heterocycles. The van der Waals surface area contributed by atoms with Crippen LogP contribution in [-0.4, -0.2) is 21.0 Å². The lowest BCUT2D eigenvalue weighted by atomic mass is 10.2. The van der Waals surface area contributed by atoms with Gasteiger partial charge in [-0.05, 0) is 17.7 Å². The number of thioether (sulfide) groups is 1. The van der Waals surface area contributed by atoms with E-state index in [1.165, 1.54) is 0 Å². The fourth-order valence-electron chi connectivity index (χ4n) is 0.797. The van der Waals surface area contributed by atoms with Gasteiger partial charge in [-0.1, -0.05) is 36.0 Å². The number of thiocarbonyl (C=S) groups is 1. The Morgan fingerprint density at radius 2 is 2.00 bits per heavy atom. The molecule has 1 N–H and O–H groups in total. The third-order valence-electron chi connectivity index (χ3n) is 1.41. The van der Waals surface area contributed by atoms with E-state index in [0.29, 0.717) is 9.22 Å². The molecule has 0 atom stereocenters. The van der Waals surface area contributed by atoms with Gasteiger partial charge in [0.15, 0.2) is 0 Å². The van der Waals surface area contributed by atoms with E-state index in [1.807, 2.05) is 0 Å². The van der Waals surface area contributed by atoms with Crippen molar-refractivity contribution in [2.45, 2.75) is 0 Å². The maximum absolute atomic E-state index is 10.3. The SMILES string of the molecule is O=C(O)CSC(=S)c1ccc(Cl)cc1. The summed E-state index contributed by atoms with van der Waals surface area (Å²) in [7, 11) is 0. The van der Waals surface area contributed by atoms with E-state index in [-0.39, 0.29) is 5.75 Å². The van der Waals surface area contributed by atoms with Gasteiger partial charge in [0.25, 0.3) is 0 Å². The Kier molecular flexibility index (Phi) is 4.38. The lowest BCUT2D eigenvalue weighted by molar-refractivity contribution is -0.133. The first-order chi connectivity index (χ1) is 6.59. The monoisotopic (exact) mass is 246 g/mol. The second kappa shape index (κ2) is 5.34. The lowest BCUT2D eigenvalue weighted by Crippen LogP contribution is -2.01. The summed E-state index contributed by atoms with van der Waals surface area (Å²) in [5.41, 5.74) is 0.829. The van der Waals surface area contributed by atoms with E-state index in [4.69, 9.17) is 28.9 Å². The Hall–Kier alpha value is -0.580. The maximum Gasteiger partial charge on any atom is 0.313 e. The van der Waals surface area contributed by atoms with Gasteiger partial charge in [-0.25, -0.2) is 0 Å². The van der Waals surface area contributed by atoms with Crippen LogP contribution in [0, 0.1) is 0 Å². The van der Waals surface area contributed by atoms with Gasteiger partial charge in [-0.2, -0.15) is 0 Å². The summed E-state index contributed by atoms with van der Waals surface area (Å²) in [6.45, 7) is 0. The number of carboxylic acids is 1. The van der Waals surface area contributed by atoms with E-state index in [1.54, 1.807) is 24.3 Å². The molecule has 5 heteroatoms. The summed E-state index contributed by atoms with van der Waals surface area (Å²) in [4.78, 5) is 10.3.